The Balaban J connectivity index is 1.28. The minimum absolute atomic E-state index is 0.140. The lowest BCUT2D eigenvalue weighted by molar-refractivity contribution is 0.0655. The van der Waals surface area contributed by atoms with E-state index in [2.05, 4.69) is 0 Å². The lowest BCUT2D eigenvalue weighted by atomic mass is 10.1. The first-order valence-electron chi connectivity index (χ1n) is 12.4. The molecule has 0 fully saturated rings. The summed E-state index contributed by atoms with van der Waals surface area (Å²) in [5.41, 5.74) is 2.28. The summed E-state index contributed by atoms with van der Waals surface area (Å²) in [5.74, 6) is 1.34. The molecule has 4 aromatic rings. The maximum atomic E-state index is 13.5. The molecule has 186 valence electrons. The Bertz CT molecular complexity index is 1560. The number of nitrogens with zero attached hydrogens (tertiary/aromatic N) is 3. The van der Waals surface area contributed by atoms with Gasteiger partial charge in [-0.15, -0.1) is 0 Å². The first-order chi connectivity index (χ1) is 18.1. The molecule has 0 N–H and O–H groups in total. The molecule has 2 aliphatic heterocycles. The Labute approximate surface area is 213 Å². The molecule has 0 bridgehead atoms. The number of hydrogen-bond acceptors (Lipinski definition) is 6. The van der Waals surface area contributed by atoms with Crippen molar-refractivity contribution >= 4 is 22.7 Å². The summed E-state index contributed by atoms with van der Waals surface area (Å²) in [6.45, 7) is 1.77. The number of fused-ring (bicyclic) bond motifs is 3. The van der Waals surface area contributed by atoms with Crippen LogP contribution in [0.2, 0.25) is 0 Å². The summed E-state index contributed by atoms with van der Waals surface area (Å²) in [6, 6.07) is 19.9. The van der Waals surface area contributed by atoms with Crippen LogP contribution in [0.5, 0.6) is 11.5 Å². The van der Waals surface area contributed by atoms with Crippen molar-refractivity contribution in [1.82, 2.24) is 14.5 Å². The maximum Gasteiger partial charge on any atom is 0.261 e. The molecule has 8 nitrogen and oxygen atoms in total. The quantitative estimate of drug-likeness (QED) is 0.380. The summed E-state index contributed by atoms with van der Waals surface area (Å²) in [4.78, 5) is 45.2. The second kappa shape index (κ2) is 9.54. The summed E-state index contributed by atoms with van der Waals surface area (Å²) in [5, 5.41) is 0.533. The molecule has 1 aromatic heterocycles. The smallest absolute Gasteiger partial charge is 0.261 e. The second-order valence-corrected chi connectivity index (χ2v) is 9.14. The van der Waals surface area contributed by atoms with E-state index in [-0.39, 0.29) is 30.3 Å². The number of hydrogen-bond donors (Lipinski definition) is 0. The highest BCUT2D eigenvalue weighted by Crippen LogP contribution is 2.30. The molecule has 2 aliphatic rings. The lowest BCUT2D eigenvalue weighted by Gasteiger charge is -2.17. The third-order valence-electron chi connectivity index (χ3n) is 6.81. The van der Waals surface area contributed by atoms with Crippen molar-refractivity contribution in [3.8, 4) is 11.5 Å². The summed E-state index contributed by atoms with van der Waals surface area (Å²) < 4.78 is 13.2. The van der Waals surface area contributed by atoms with Gasteiger partial charge in [-0.25, -0.2) is 4.98 Å². The average molecular weight is 496 g/mol. The number of aromatic nitrogens is 2. The minimum atomic E-state index is -0.317. The molecule has 0 atom stereocenters. The van der Waals surface area contributed by atoms with Crippen LogP contribution in [0.4, 0.5) is 0 Å². The predicted octanol–water partition coefficient (Wildman–Crippen LogP) is 3.64. The van der Waals surface area contributed by atoms with Gasteiger partial charge in [0, 0.05) is 25.9 Å². The molecule has 0 unspecified atom stereocenters. The number of carbonyl (C=O) groups is 2. The molecule has 3 aromatic carbocycles. The van der Waals surface area contributed by atoms with E-state index in [9.17, 15) is 14.4 Å². The van der Waals surface area contributed by atoms with Gasteiger partial charge in [0.2, 0.25) is 0 Å². The molecule has 0 aliphatic carbocycles. The van der Waals surface area contributed by atoms with E-state index < -0.39 is 0 Å². The van der Waals surface area contributed by atoms with Gasteiger partial charge in [0.15, 0.2) is 11.5 Å². The maximum absolute atomic E-state index is 13.5. The number of rotatable bonds is 6. The molecule has 0 saturated carbocycles. The lowest BCUT2D eigenvalue weighted by Crippen LogP contribution is -2.34. The molecule has 3 heterocycles. The number of amides is 2. The Morgan fingerprint density at radius 2 is 1.46 bits per heavy atom. The van der Waals surface area contributed by atoms with E-state index in [0.717, 1.165) is 17.7 Å². The minimum Gasteiger partial charge on any atom is -0.490 e. The highest BCUT2D eigenvalue weighted by atomic mass is 16.5. The number of aryl methyl sites for hydroxylation is 1. The zero-order valence-corrected chi connectivity index (χ0v) is 20.2. The van der Waals surface area contributed by atoms with Gasteiger partial charge in [0.05, 0.1) is 35.2 Å². The first-order valence-corrected chi connectivity index (χ1v) is 12.4. The van der Waals surface area contributed by atoms with Crippen LogP contribution in [-0.4, -0.2) is 46.0 Å². The van der Waals surface area contributed by atoms with Gasteiger partial charge in [-0.2, -0.15) is 0 Å². The molecular formula is C29H25N3O5. The van der Waals surface area contributed by atoms with Crippen molar-refractivity contribution in [2.45, 2.75) is 25.8 Å². The van der Waals surface area contributed by atoms with Gasteiger partial charge >= 0.3 is 0 Å². The van der Waals surface area contributed by atoms with E-state index in [1.807, 2.05) is 30.3 Å². The van der Waals surface area contributed by atoms with Gasteiger partial charge in [0.1, 0.15) is 5.82 Å². The summed E-state index contributed by atoms with van der Waals surface area (Å²) in [7, 11) is 0. The van der Waals surface area contributed by atoms with Gasteiger partial charge < -0.3 is 9.47 Å². The van der Waals surface area contributed by atoms with Crippen molar-refractivity contribution in [1.29, 1.82) is 0 Å². The van der Waals surface area contributed by atoms with E-state index >= 15 is 0 Å². The Hall–Kier alpha value is -4.46. The number of para-hydroxylation sites is 1. The van der Waals surface area contributed by atoms with Crippen LogP contribution < -0.4 is 15.0 Å². The van der Waals surface area contributed by atoms with Crippen molar-refractivity contribution in [3.63, 3.8) is 0 Å². The number of benzene rings is 3. The van der Waals surface area contributed by atoms with Crippen LogP contribution in [0.1, 0.15) is 38.5 Å². The zero-order chi connectivity index (χ0) is 25.4. The summed E-state index contributed by atoms with van der Waals surface area (Å²) >= 11 is 0. The van der Waals surface area contributed by atoms with E-state index in [4.69, 9.17) is 14.5 Å². The topological polar surface area (TPSA) is 90.7 Å². The van der Waals surface area contributed by atoms with Crippen LogP contribution in [0.25, 0.3) is 10.9 Å². The largest absolute Gasteiger partial charge is 0.490 e. The van der Waals surface area contributed by atoms with Crippen molar-refractivity contribution < 1.29 is 19.1 Å². The van der Waals surface area contributed by atoms with E-state index in [1.165, 1.54) is 4.90 Å². The van der Waals surface area contributed by atoms with Crippen LogP contribution in [0, 0.1) is 0 Å². The normalized spacial score (nSPS) is 14.6. The van der Waals surface area contributed by atoms with Gasteiger partial charge in [-0.1, -0.05) is 30.3 Å². The van der Waals surface area contributed by atoms with Crippen LogP contribution in [-0.2, 0) is 19.4 Å². The van der Waals surface area contributed by atoms with E-state index in [0.29, 0.717) is 59.8 Å². The second-order valence-electron chi connectivity index (χ2n) is 9.14. The molecule has 0 radical (unpaired) electrons. The Morgan fingerprint density at radius 1 is 0.757 bits per heavy atom. The highest BCUT2D eigenvalue weighted by molar-refractivity contribution is 6.21. The summed E-state index contributed by atoms with van der Waals surface area (Å²) in [6.07, 6.45) is 1.68. The fourth-order valence-electron chi connectivity index (χ4n) is 4.89. The predicted molar refractivity (Wildman–Crippen MR) is 137 cm³/mol. The first kappa shape index (κ1) is 23.0. The van der Waals surface area contributed by atoms with Gasteiger partial charge in [-0.3, -0.25) is 23.9 Å². The molecular weight excluding hydrogens is 470 g/mol. The standard InChI is InChI=1S/C29H25N3O5/c33-27-20-6-1-2-7-21(20)28(34)32(27)15-13-26-30-23-9-4-3-8-22(23)29(35)31(26)14-12-19-10-11-24-25(18-19)37-17-5-16-36-24/h1-4,6-11,18H,5,12-17H2. The zero-order valence-electron chi connectivity index (χ0n) is 20.2. The highest BCUT2D eigenvalue weighted by Gasteiger charge is 2.34. The molecule has 0 spiro atoms. The van der Waals surface area contributed by atoms with Crippen molar-refractivity contribution in [2.75, 3.05) is 19.8 Å². The van der Waals surface area contributed by atoms with Gasteiger partial charge in [-0.05, 0) is 48.4 Å². The van der Waals surface area contributed by atoms with Crippen LogP contribution in [0.15, 0.2) is 71.5 Å². The fourth-order valence-corrected chi connectivity index (χ4v) is 4.89. The number of imide groups is 1. The molecule has 37 heavy (non-hydrogen) atoms. The Kier molecular flexibility index (Phi) is 5.92. The SMILES string of the molecule is O=C1c2ccccc2C(=O)N1CCc1nc2ccccc2c(=O)n1CCc1ccc2c(c1)OCCCO2. The molecule has 8 heteroatoms. The van der Waals surface area contributed by atoms with Crippen molar-refractivity contribution in [3.05, 3.63) is 99.6 Å². The molecule has 2 amide bonds. The van der Waals surface area contributed by atoms with Gasteiger partial charge in [0.25, 0.3) is 17.4 Å². The van der Waals surface area contributed by atoms with E-state index in [1.54, 1.807) is 41.0 Å². The monoisotopic (exact) mass is 495 g/mol. The third-order valence-corrected chi connectivity index (χ3v) is 6.81. The molecule has 0 saturated heterocycles. The average Bonchev–Trinajstić information content (AvgIpc) is 3.06. The third kappa shape index (κ3) is 4.24. The van der Waals surface area contributed by atoms with Crippen molar-refractivity contribution in [2.24, 2.45) is 0 Å². The number of carbonyl (C=O) groups excluding carboxylic acids is 2. The molecule has 6 rings (SSSR count). The van der Waals surface area contributed by atoms with Crippen LogP contribution >= 0.6 is 0 Å². The fraction of sp³-hybridized carbons (Fsp3) is 0.241. The Morgan fingerprint density at radius 3 is 2.24 bits per heavy atom. The van der Waals surface area contributed by atoms with Crippen LogP contribution in [0.3, 0.4) is 0 Å². The number of ether oxygens (including phenoxy) is 2.